The second kappa shape index (κ2) is 8.67. The summed E-state index contributed by atoms with van der Waals surface area (Å²) in [5.41, 5.74) is 5.14. The van der Waals surface area contributed by atoms with Gasteiger partial charge in [0.25, 0.3) is 5.91 Å². The summed E-state index contributed by atoms with van der Waals surface area (Å²) in [6.45, 7) is 1.36. The maximum absolute atomic E-state index is 12.4. The first-order valence-corrected chi connectivity index (χ1v) is 8.57. The molecule has 0 radical (unpaired) electrons. The Morgan fingerprint density at radius 1 is 0.815 bits per heavy atom. The normalized spacial score (nSPS) is 10.1. The summed E-state index contributed by atoms with van der Waals surface area (Å²) in [4.78, 5) is 23.7. The summed E-state index contributed by atoms with van der Waals surface area (Å²) < 4.78 is 5.53. The van der Waals surface area contributed by atoms with Gasteiger partial charge in [0.2, 0.25) is 0 Å². The molecule has 136 valence electrons. The lowest BCUT2D eigenvalue weighted by molar-refractivity contribution is -0.123. The van der Waals surface area contributed by atoms with Crippen LogP contribution in [-0.2, 0) is 4.79 Å². The highest BCUT2D eigenvalue weighted by Crippen LogP contribution is 2.22. The number of hydrogen-bond donors (Lipinski definition) is 1. The fraction of sp³-hybridized carbons (Fsp3) is 0.0909. The van der Waals surface area contributed by atoms with Crippen LogP contribution < -0.4 is 15.2 Å². The van der Waals surface area contributed by atoms with Crippen LogP contribution in [0, 0.1) is 0 Å². The third-order valence-electron chi connectivity index (χ3n) is 3.90. The van der Waals surface area contributed by atoms with Crippen molar-refractivity contribution in [1.29, 1.82) is 0 Å². The lowest BCUT2D eigenvalue weighted by Gasteiger charge is -2.25. The van der Waals surface area contributed by atoms with E-state index in [-0.39, 0.29) is 18.3 Å². The van der Waals surface area contributed by atoms with Crippen molar-refractivity contribution < 1.29 is 14.3 Å². The molecule has 1 N–H and O–H groups in total. The average molecular weight is 360 g/mol. The molecule has 0 aromatic heterocycles. The quantitative estimate of drug-likeness (QED) is 0.508. The molecule has 27 heavy (non-hydrogen) atoms. The van der Waals surface area contributed by atoms with Gasteiger partial charge in [-0.1, -0.05) is 36.4 Å². The Morgan fingerprint density at radius 2 is 1.33 bits per heavy atom. The molecule has 0 saturated carbocycles. The second-order valence-electron chi connectivity index (χ2n) is 5.91. The average Bonchev–Trinajstić information content (AvgIpc) is 2.72. The number of ether oxygens (including phenoxy) is 1. The van der Waals surface area contributed by atoms with E-state index >= 15 is 0 Å². The number of nitrogens with zero attached hydrogens (tertiary/aromatic N) is 1. The molecule has 3 aromatic rings. The van der Waals surface area contributed by atoms with E-state index in [2.05, 4.69) is 5.43 Å². The summed E-state index contributed by atoms with van der Waals surface area (Å²) in [6, 6.07) is 25.8. The molecule has 0 aliphatic rings. The lowest BCUT2D eigenvalue weighted by Crippen LogP contribution is -2.41. The first-order chi connectivity index (χ1) is 13.1. The van der Waals surface area contributed by atoms with Crippen molar-refractivity contribution in [2.75, 3.05) is 11.6 Å². The van der Waals surface area contributed by atoms with Crippen LogP contribution in [0.5, 0.6) is 5.75 Å². The van der Waals surface area contributed by atoms with Crippen molar-refractivity contribution in [3.05, 3.63) is 90.5 Å². The van der Waals surface area contributed by atoms with Crippen LogP contribution in [0.2, 0.25) is 0 Å². The van der Waals surface area contributed by atoms with E-state index in [1.807, 2.05) is 60.7 Å². The Morgan fingerprint density at radius 3 is 1.81 bits per heavy atom. The maximum atomic E-state index is 12.4. The van der Waals surface area contributed by atoms with Crippen LogP contribution in [0.25, 0.3) is 0 Å². The van der Waals surface area contributed by atoms with Crippen molar-refractivity contribution in [3.63, 3.8) is 0 Å². The summed E-state index contributed by atoms with van der Waals surface area (Å²) in [6.07, 6.45) is 0. The lowest BCUT2D eigenvalue weighted by atomic mass is 10.1. The summed E-state index contributed by atoms with van der Waals surface area (Å²) in [5, 5.41) is 1.71. The Kier molecular flexibility index (Phi) is 5.84. The SMILES string of the molecule is CC(=O)c1ccc(OCC(=O)NN(c2ccccc2)c2ccccc2)cc1. The molecule has 0 aliphatic heterocycles. The summed E-state index contributed by atoms with van der Waals surface area (Å²) >= 11 is 0. The first kappa shape index (κ1) is 18.2. The number of rotatable bonds is 7. The minimum absolute atomic E-state index is 0.0133. The van der Waals surface area contributed by atoms with Crippen LogP contribution in [0.1, 0.15) is 17.3 Å². The predicted molar refractivity (Wildman–Crippen MR) is 105 cm³/mol. The number of hydrogen-bond acceptors (Lipinski definition) is 4. The zero-order chi connectivity index (χ0) is 19.1. The van der Waals surface area contributed by atoms with Crippen molar-refractivity contribution in [3.8, 4) is 5.75 Å². The molecular formula is C22H20N2O3. The summed E-state index contributed by atoms with van der Waals surface area (Å²) in [7, 11) is 0. The number of Topliss-reactive ketones (excluding diaryl/α,β-unsaturated/α-hetero) is 1. The Balaban J connectivity index is 1.67. The van der Waals surface area contributed by atoms with E-state index in [9.17, 15) is 9.59 Å². The highest BCUT2D eigenvalue weighted by Gasteiger charge is 2.13. The van der Waals surface area contributed by atoms with Gasteiger partial charge < -0.3 is 4.74 Å². The number of para-hydroxylation sites is 2. The number of carbonyl (C=O) groups is 2. The zero-order valence-electron chi connectivity index (χ0n) is 15.0. The van der Waals surface area contributed by atoms with Gasteiger partial charge in [-0.2, -0.15) is 0 Å². The predicted octanol–water partition coefficient (Wildman–Crippen LogP) is 4.14. The number of ketones is 1. The van der Waals surface area contributed by atoms with Crippen LogP contribution in [0.15, 0.2) is 84.9 Å². The van der Waals surface area contributed by atoms with Crippen LogP contribution >= 0.6 is 0 Å². The number of carbonyl (C=O) groups excluding carboxylic acids is 2. The Bertz CT molecular complexity index is 854. The monoisotopic (exact) mass is 360 g/mol. The first-order valence-electron chi connectivity index (χ1n) is 8.57. The van der Waals surface area contributed by atoms with E-state index in [4.69, 9.17) is 4.74 Å². The highest BCUT2D eigenvalue weighted by molar-refractivity contribution is 5.94. The van der Waals surface area contributed by atoms with Crippen LogP contribution in [-0.4, -0.2) is 18.3 Å². The van der Waals surface area contributed by atoms with Gasteiger partial charge in [-0.25, -0.2) is 0 Å². The van der Waals surface area contributed by atoms with E-state index in [0.717, 1.165) is 11.4 Å². The Hall–Kier alpha value is -3.60. The van der Waals surface area contributed by atoms with Gasteiger partial charge in [-0.3, -0.25) is 20.0 Å². The molecule has 0 spiro atoms. The number of nitrogens with one attached hydrogen (secondary N) is 1. The summed E-state index contributed by atoms with van der Waals surface area (Å²) in [5.74, 6) is 0.222. The van der Waals surface area contributed by atoms with Crippen molar-refractivity contribution in [1.82, 2.24) is 5.43 Å². The fourth-order valence-electron chi connectivity index (χ4n) is 2.52. The van der Waals surface area contributed by atoms with E-state index < -0.39 is 0 Å². The van der Waals surface area contributed by atoms with Gasteiger partial charge in [0.05, 0.1) is 11.4 Å². The smallest absolute Gasteiger partial charge is 0.276 e. The van der Waals surface area contributed by atoms with Gasteiger partial charge in [-0.15, -0.1) is 0 Å². The van der Waals surface area contributed by atoms with Gasteiger partial charge in [0.15, 0.2) is 12.4 Å². The van der Waals surface area contributed by atoms with Crippen molar-refractivity contribution in [2.45, 2.75) is 6.92 Å². The molecule has 0 aliphatic carbocycles. The molecule has 1 amide bonds. The number of amides is 1. The fourth-order valence-corrected chi connectivity index (χ4v) is 2.52. The van der Waals surface area contributed by atoms with Gasteiger partial charge in [0, 0.05) is 5.56 Å². The largest absolute Gasteiger partial charge is 0.484 e. The standard InChI is InChI=1S/C22H20N2O3/c1-17(25)18-12-14-21(15-13-18)27-16-22(26)23-24(19-8-4-2-5-9-19)20-10-6-3-7-11-20/h2-15H,16H2,1H3,(H,23,26). The Labute approximate surface area is 158 Å². The number of hydrazine groups is 1. The molecule has 0 bridgehead atoms. The van der Waals surface area contributed by atoms with Crippen molar-refractivity contribution >= 4 is 23.1 Å². The van der Waals surface area contributed by atoms with Crippen molar-refractivity contribution in [2.24, 2.45) is 0 Å². The molecule has 0 heterocycles. The van der Waals surface area contributed by atoms with Gasteiger partial charge in [0.1, 0.15) is 5.75 Å². The number of anilines is 2. The molecule has 0 unspecified atom stereocenters. The molecule has 3 rings (SSSR count). The zero-order valence-corrected chi connectivity index (χ0v) is 15.0. The molecule has 0 fully saturated rings. The molecule has 0 saturated heterocycles. The second-order valence-corrected chi connectivity index (χ2v) is 5.91. The van der Waals surface area contributed by atoms with E-state index in [1.54, 1.807) is 29.3 Å². The van der Waals surface area contributed by atoms with E-state index in [0.29, 0.717) is 11.3 Å². The molecule has 5 heteroatoms. The number of benzene rings is 3. The molecule has 3 aromatic carbocycles. The van der Waals surface area contributed by atoms with Gasteiger partial charge >= 0.3 is 0 Å². The van der Waals surface area contributed by atoms with Crippen LogP contribution in [0.4, 0.5) is 11.4 Å². The molecule has 5 nitrogen and oxygen atoms in total. The third-order valence-corrected chi connectivity index (χ3v) is 3.90. The minimum atomic E-state index is -0.293. The third kappa shape index (κ3) is 4.95. The molecule has 0 atom stereocenters. The van der Waals surface area contributed by atoms with Gasteiger partial charge in [-0.05, 0) is 55.5 Å². The van der Waals surface area contributed by atoms with E-state index in [1.165, 1.54) is 6.92 Å². The van der Waals surface area contributed by atoms with Crippen LogP contribution in [0.3, 0.4) is 0 Å². The maximum Gasteiger partial charge on any atom is 0.276 e. The highest BCUT2D eigenvalue weighted by atomic mass is 16.5. The molecular weight excluding hydrogens is 340 g/mol. The topological polar surface area (TPSA) is 58.6 Å². The minimum Gasteiger partial charge on any atom is -0.484 e.